The Labute approximate surface area is 108 Å². The molecule has 2 atom stereocenters. The van der Waals surface area contributed by atoms with Crippen LogP contribution in [-0.2, 0) is 19.6 Å². The van der Waals surface area contributed by atoms with Crippen molar-refractivity contribution >= 4 is 16.0 Å². The van der Waals surface area contributed by atoms with Gasteiger partial charge in [0, 0.05) is 25.5 Å². The van der Waals surface area contributed by atoms with Gasteiger partial charge < -0.3 is 9.84 Å². The van der Waals surface area contributed by atoms with Crippen LogP contribution in [0.2, 0.25) is 0 Å². The van der Waals surface area contributed by atoms with E-state index in [2.05, 4.69) is 4.72 Å². The van der Waals surface area contributed by atoms with Crippen molar-refractivity contribution in [1.82, 2.24) is 4.72 Å². The minimum Gasteiger partial charge on any atom is -0.481 e. The Morgan fingerprint density at radius 2 is 2.22 bits per heavy atom. The first-order valence-electron chi connectivity index (χ1n) is 6.25. The maximum Gasteiger partial charge on any atom is 0.303 e. The second-order valence-electron chi connectivity index (χ2n) is 4.53. The van der Waals surface area contributed by atoms with Crippen molar-refractivity contribution in [2.75, 3.05) is 18.9 Å². The topological polar surface area (TPSA) is 92.7 Å². The van der Waals surface area contributed by atoms with Crippen LogP contribution < -0.4 is 4.72 Å². The quantitative estimate of drug-likeness (QED) is 0.678. The number of carboxylic acids is 1. The summed E-state index contributed by atoms with van der Waals surface area (Å²) >= 11 is 0. The second kappa shape index (κ2) is 7.06. The molecule has 6 nitrogen and oxygen atoms in total. The lowest BCUT2D eigenvalue weighted by molar-refractivity contribution is -0.137. The molecule has 0 spiro atoms. The summed E-state index contributed by atoms with van der Waals surface area (Å²) in [5, 5.41) is 8.45. The van der Waals surface area contributed by atoms with Crippen LogP contribution in [0.15, 0.2) is 0 Å². The van der Waals surface area contributed by atoms with Gasteiger partial charge in [0.25, 0.3) is 0 Å². The van der Waals surface area contributed by atoms with E-state index in [4.69, 9.17) is 9.84 Å². The predicted molar refractivity (Wildman–Crippen MR) is 66.8 cm³/mol. The largest absolute Gasteiger partial charge is 0.481 e. The van der Waals surface area contributed by atoms with E-state index >= 15 is 0 Å². The maximum absolute atomic E-state index is 11.6. The highest BCUT2D eigenvalue weighted by atomic mass is 32.2. The number of rotatable bonds is 8. The lowest BCUT2D eigenvalue weighted by Crippen LogP contribution is -2.34. The summed E-state index contributed by atoms with van der Waals surface area (Å²) in [6, 6.07) is 0. The second-order valence-corrected chi connectivity index (χ2v) is 6.46. The summed E-state index contributed by atoms with van der Waals surface area (Å²) in [5.41, 5.74) is 0. The minimum atomic E-state index is -3.37. The fraction of sp³-hybridized carbons (Fsp3) is 0.909. The van der Waals surface area contributed by atoms with Gasteiger partial charge in [0.05, 0.1) is 11.9 Å². The molecule has 0 saturated carbocycles. The van der Waals surface area contributed by atoms with Crippen LogP contribution in [-0.4, -0.2) is 44.5 Å². The molecule has 0 aromatic heterocycles. The smallest absolute Gasteiger partial charge is 0.303 e. The van der Waals surface area contributed by atoms with Crippen molar-refractivity contribution < 1.29 is 23.1 Å². The van der Waals surface area contributed by atoms with Crippen LogP contribution in [0.3, 0.4) is 0 Å². The predicted octanol–water partition coefficient (Wildman–Crippen LogP) is 0.586. The molecular formula is C11H21NO5S. The fourth-order valence-corrected chi connectivity index (χ4v) is 3.23. The number of ether oxygens (including phenoxy) is 1. The third-order valence-electron chi connectivity index (χ3n) is 3.12. The average Bonchev–Trinajstić information content (AvgIpc) is 2.73. The molecule has 1 saturated heterocycles. The summed E-state index contributed by atoms with van der Waals surface area (Å²) in [5.74, 6) is -0.881. The molecule has 0 aromatic rings. The summed E-state index contributed by atoms with van der Waals surface area (Å²) in [4.78, 5) is 10.3. The Hall–Kier alpha value is -0.660. The van der Waals surface area contributed by atoms with Gasteiger partial charge in [-0.25, -0.2) is 13.1 Å². The number of hydrogen-bond acceptors (Lipinski definition) is 4. The van der Waals surface area contributed by atoms with E-state index in [1.165, 1.54) is 0 Å². The Morgan fingerprint density at radius 3 is 2.83 bits per heavy atom. The Kier molecular flexibility index (Phi) is 6.04. The molecule has 0 amide bonds. The van der Waals surface area contributed by atoms with Gasteiger partial charge in [-0.2, -0.15) is 0 Å². The highest BCUT2D eigenvalue weighted by Crippen LogP contribution is 2.22. The molecule has 7 heteroatoms. The molecule has 2 N–H and O–H groups in total. The monoisotopic (exact) mass is 279 g/mol. The van der Waals surface area contributed by atoms with Crippen molar-refractivity contribution in [3.63, 3.8) is 0 Å². The molecule has 1 aliphatic heterocycles. The molecule has 18 heavy (non-hydrogen) atoms. The van der Waals surface area contributed by atoms with Crippen LogP contribution >= 0.6 is 0 Å². The van der Waals surface area contributed by atoms with Gasteiger partial charge >= 0.3 is 5.97 Å². The van der Waals surface area contributed by atoms with Crippen molar-refractivity contribution in [3.05, 3.63) is 0 Å². The molecule has 0 aliphatic carbocycles. The maximum atomic E-state index is 11.6. The van der Waals surface area contributed by atoms with E-state index < -0.39 is 16.0 Å². The molecular weight excluding hydrogens is 258 g/mol. The summed E-state index contributed by atoms with van der Waals surface area (Å²) < 4.78 is 31.3. The standard InChI is InChI=1S/C11H21NO5S/c1-2-10-9(5-6-17-10)8-12-18(15,16)7-3-4-11(13)14/h9-10,12H,2-8H2,1H3,(H,13,14). The lowest BCUT2D eigenvalue weighted by Gasteiger charge is -2.17. The summed E-state index contributed by atoms with van der Waals surface area (Å²) in [6.45, 7) is 3.09. The molecule has 0 radical (unpaired) electrons. The number of sulfonamides is 1. The molecule has 1 rings (SSSR count). The molecule has 0 aromatic carbocycles. The SMILES string of the molecule is CCC1OCCC1CNS(=O)(=O)CCCC(=O)O. The first kappa shape index (κ1) is 15.4. The zero-order valence-electron chi connectivity index (χ0n) is 10.6. The summed E-state index contributed by atoms with van der Waals surface area (Å²) in [7, 11) is -3.37. The van der Waals surface area contributed by atoms with Crippen LogP contribution in [0.1, 0.15) is 32.6 Å². The number of carboxylic acid groups (broad SMARTS) is 1. The molecule has 1 heterocycles. The highest BCUT2D eigenvalue weighted by molar-refractivity contribution is 7.89. The highest BCUT2D eigenvalue weighted by Gasteiger charge is 2.27. The Balaban J connectivity index is 2.30. The van der Waals surface area contributed by atoms with Gasteiger partial charge in [-0.15, -0.1) is 0 Å². The zero-order valence-corrected chi connectivity index (χ0v) is 11.4. The van der Waals surface area contributed by atoms with Gasteiger partial charge in [-0.1, -0.05) is 6.92 Å². The number of carbonyl (C=O) groups is 1. The number of aliphatic carboxylic acids is 1. The van der Waals surface area contributed by atoms with E-state index in [0.29, 0.717) is 13.2 Å². The number of hydrogen-bond donors (Lipinski definition) is 2. The van der Waals surface area contributed by atoms with Gasteiger partial charge in [0.1, 0.15) is 0 Å². The van der Waals surface area contributed by atoms with E-state index in [1.54, 1.807) is 0 Å². The van der Waals surface area contributed by atoms with Crippen molar-refractivity contribution in [1.29, 1.82) is 0 Å². The van der Waals surface area contributed by atoms with Gasteiger partial charge in [0.2, 0.25) is 10.0 Å². The van der Waals surface area contributed by atoms with E-state index in [0.717, 1.165) is 12.8 Å². The molecule has 0 bridgehead atoms. The minimum absolute atomic E-state index is 0.120. The third-order valence-corrected chi connectivity index (χ3v) is 4.55. The first-order chi connectivity index (χ1) is 8.44. The van der Waals surface area contributed by atoms with Crippen LogP contribution in [0.25, 0.3) is 0 Å². The average molecular weight is 279 g/mol. The Bertz CT molecular complexity index is 368. The van der Waals surface area contributed by atoms with Crippen LogP contribution in [0.5, 0.6) is 0 Å². The molecule has 1 fully saturated rings. The first-order valence-corrected chi connectivity index (χ1v) is 7.90. The molecule has 106 valence electrons. The molecule has 1 aliphatic rings. The Morgan fingerprint density at radius 1 is 1.50 bits per heavy atom. The normalized spacial score (nSPS) is 24.3. The third kappa shape index (κ3) is 5.32. The van der Waals surface area contributed by atoms with Crippen molar-refractivity contribution in [3.8, 4) is 0 Å². The fourth-order valence-electron chi connectivity index (χ4n) is 2.10. The molecule has 2 unspecified atom stereocenters. The van der Waals surface area contributed by atoms with Gasteiger partial charge in [0.15, 0.2) is 0 Å². The zero-order chi connectivity index (χ0) is 13.6. The van der Waals surface area contributed by atoms with Gasteiger partial charge in [-0.3, -0.25) is 4.79 Å². The van der Waals surface area contributed by atoms with E-state index in [-0.39, 0.29) is 30.6 Å². The van der Waals surface area contributed by atoms with Crippen LogP contribution in [0, 0.1) is 5.92 Å². The van der Waals surface area contributed by atoms with Crippen molar-refractivity contribution in [2.45, 2.75) is 38.7 Å². The van der Waals surface area contributed by atoms with Gasteiger partial charge in [-0.05, 0) is 19.3 Å². The van der Waals surface area contributed by atoms with E-state index in [9.17, 15) is 13.2 Å². The number of nitrogens with one attached hydrogen (secondary N) is 1. The summed E-state index contributed by atoms with van der Waals surface area (Å²) in [6.07, 6.45) is 1.90. The van der Waals surface area contributed by atoms with E-state index in [1.807, 2.05) is 6.92 Å². The lowest BCUT2D eigenvalue weighted by atomic mass is 10.0. The van der Waals surface area contributed by atoms with Crippen molar-refractivity contribution in [2.24, 2.45) is 5.92 Å². The van der Waals surface area contributed by atoms with Crippen LogP contribution in [0.4, 0.5) is 0 Å².